The van der Waals surface area contributed by atoms with Gasteiger partial charge in [-0.3, -0.25) is 9.10 Å². The van der Waals surface area contributed by atoms with Crippen LogP contribution in [0.4, 0.5) is 14.5 Å². The SMILES string of the molecule is O=C(CN(c1ccccc1F)S(=O)(=O)c1ccccc1)N/N=C/c1ccc(F)cc1. The fourth-order valence-corrected chi connectivity index (χ4v) is 4.02. The summed E-state index contributed by atoms with van der Waals surface area (Å²) in [5.74, 6) is -1.99. The lowest BCUT2D eigenvalue weighted by atomic mass is 10.2. The Morgan fingerprint density at radius 2 is 1.57 bits per heavy atom. The van der Waals surface area contributed by atoms with E-state index in [-0.39, 0.29) is 10.6 Å². The fraction of sp³-hybridized carbons (Fsp3) is 0.0476. The summed E-state index contributed by atoms with van der Waals surface area (Å²) in [5.41, 5.74) is 2.46. The van der Waals surface area contributed by atoms with Crippen molar-refractivity contribution in [2.24, 2.45) is 5.10 Å². The lowest BCUT2D eigenvalue weighted by Gasteiger charge is -2.24. The minimum absolute atomic E-state index is 0.0872. The van der Waals surface area contributed by atoms with Crippen LogP contribution in [0.25, 0.3) is 0 Å². The summed E-state index contributed by atoms with van der Waals surface area (Å²) in [5, 5.41) is 3.73. The van der Waals surface area contributed by atoms with Crippen LogP contribution in [-0.4, -0.2) is 27.1 Å². The Balaban J connectivity index is 1.83. The maximum atomic E-state index is 14.3. The number of amides is 1. The molecule has 0 fully saturated rings. The highest BCUT2D eigenvalue weighted by molar-refractivity contribution is 7.92. The van der Waals surface area contributed by atoms with Gasteiger partial charge in [-0.1, -0.05) is 42.5 Å². The van der Waals surface area contributed by atoms with Gasteiger partial charge >= 0.3 is 0 Å². The highest BCUT2D eigenvalue weighted by Crippen LogP contribution is 2.25. The molecule has 1 amide bonds. The summed E-state index contributed by atoms with van der Waals surface area (Å²) >= 11 is 0. The Morgan fingerprint density at radius 3 is 2.23 bits per heavy atom. The second-order valence-electron chi connectivity index (χ2n) is 6.12. The third-order valence-electron chi connectivity index (χ3n) is 4.01. The Labute approximate surface area is 172 Å². The topological polar surface area (TPSA) is 78.8 Å². The van der Waals surface area contributed by atoms with Crippen LogP contribution in [0.2, 0.25) is 0 Å². The Hall–Kier alpha value is -3.59. The van der Waals surface area contributed by atoms with Gasteiger partial charge < -0.3 is 0 Å². The Kier molecular flexibility index (Phi) is 6.53. The molecule has 6 nitrogen and oxygen atoms in total. The average Bonchev–Trinajstić information content (AvgIpc) is 2.75. The van der Waals surface area contributed by atoms with Gasteiger partial charge in [0.15, 0.2) is 0 Å². The molecule has 0 unspecified atom stereocenters. The standard InChI is InChI=1S/C21H17F2N3O3S/c22-17-12-10-16(11-13-17)14-24-25-21(27)15-26(20-9-5-4-8-19(20)23)30(28,29)18-6-2-1-3-7-18/h1-14H,15H2,(H,25,27)/b24-14+. The molecule has 0 aliphatic carbocycles. The van der Waals surface area contributed by atoms with Crippen LogP contribution in [0.3, 0.4) is 0 Å². The molecule has 0 bridgehead atoms. The van der Waals surface area contributed by atoms with Gasteiger partial charge in [-0.15, -0.1) is 0 Å². The number of nitrogens with one attached hydrogen (secondary N) is 1. The fourth-order valence-electron chi connectivity index (χ4n) is 2.57. The van der Waals surface area contributed by atoms with Gasteiger partial charge in [-0.25, -0.2) is 22.6 Å². The lowest BCUT2D eigenvalue weighted by molar-refractivity contribution is -0.119. The molecule has 154 valence electrons. The molecule has 9 heteroatoms. The van der Waals surface area contributed by atoms with E-state index in [4.69, 9.17) is 0 Å². The predicted molar refractivity (Wildman–Crippen MR) is 110 cm³/mol. The number of carbonyl (C=O) groups excluding carboxylic acids is 1. The van der Waals surface area contributed by atoms with E-state index in [2.05, 4.69) is 10.5 Å². The summed E-state index contributed by atoms with van der Waals surface area (Å²) < 4.78 is 54.0. The molecular formula is C21H17F2N3O3S. The quantitative estimate of drug-likeness (QED) is 0.462. The van der Waals surface area contributed by atoms with Crippen LogP contribution >= 0.6 is 0 Å². The van der Waals surface area contributed by atoms with Crippen molar-refractivity contribution in [3.8, 4) is 0 Å². The van der Waals surface area contributed by atoms with Crippen molar-refractivity contribution in [2.45, 2.75) is 4.90 Å². The van der Waals surface area contributed by atoms with Crippen molar-refractivity contribution in [3.05, 3.63) is 96.1 Å². The first-order valence-corrected chi connectivity index (χ1v) is 10.2. The first-order chi connectivity index (χ1) is 14.4. The van der Waals surface area contributed by atoms with Crippen LogP contribution in [0.5, 0.6) is 0 Å². The molecule has 0 atom stereocenters. The van der Waals surface area contributed by atoms with Gasteiger partial charge in [0.1, 0.15) is 18.2 Å². The zero-order chi connectivity index (χ0) is 21.6. The molecule has 0 spiro atoms. The number of anilines is 1. The van der Waals surface area contributed by atoms with Gasteiger partial charge in [-0.05, 0) is 42.0 Å². The molecule has 0 aromatic heterocycles. The number of benzene rings is 3. The van der Waals surface area contributed by atoms with E-state index in [0.717, 1.165) is 6.07 Å². The monoisotopic (exact) mass is 429 g/mol. The minimum Gasteiger partial charge on any atom is -0.271 e. The van der Waals surface area contributed by atoms with E-state index in [1.54, 1.807) is 6.07 Å². The normalized spacial score (nSPS) is 11.4. The molecular weight excluding hydrogens is 412 g/mol. The maximum Gasteiger partial charge on any atom is 0.264 e. The third kappa shape index (κ3) is 5.06. The smallest absolute Gasteiger partial charge is 0.264 e. The number of sulfonamides is 1. The Bertz CT molecular complexity index is 1150. The largest absolute Gasteiger partial charge is 0.271 e. The maximum absolute atomic E-state index is 14.3. The second-order valence-corrected chi connectivity index (χ2v) is 7.98. The number of hydrazone groups is 1. The summed E-state index contributed by atoms with van der Waals surface area (Å²) in [7, 11) is -4.21. The zero-order valence-corrected chi connectivity index (χ0v) is 16.4. The van der Waals surface area contributed by atoms with Crippen molar-refractivity contribution in [2.75, 3.05) is 10.8 Å². The first kappa shape index (κ1) is 21.1. The summed E-state index contributed by atoms with van der Waals surface area (Å²) in [6.45, 7) is -0.696. The molecule has 0 saturated heterocycles. The molecule has 3 aromatic carbocycles. The van der Waals surface area contributed by atoms with Crippen molar-refractivity contribution in [3.63, 3.8) is 0 Å². The summed E-state index contributed by atoms with van der Waals surface area (Å²) in [4.78, 5) is 12.3. The van der Waals surface area contributed by atoms with Gasteiger partial charge in [-0.2, -0.15) is 5.10 Å². The number of nitrogens with zero attached hydrogens (tertiary/aromatic N) is 2. The lowest BCUT2D eigenvalue weighted by Crippen LogP contribution is -2.40. The van der Waals surface area contributed by atoms with Gasteiger partial charge in [0.2, 0.25) is 0 Å². The predicted octanol–water partition coefficient (Wildman–Crippen LogP) is 3.31. The molecule has 1 N–H and O–H groups in total. The van der Waals surface area contributed by atoms with E-state index in [9.17, 15) is 22.0 Å². The molecule has 0 aliphatic heterocycles. The average molecular weight is 429 g/mol. The van der Waals surface area contributed by atoms with Crippen LogP contribution in [0, 0.1) is 11.6 Å². The van der Waals surface area contributed by atoms with E-state index < -0.39 is 34.1 Å². The molecule has 0 aliphatic rings. The highest BCUT2D eigenvalue weighted by atomic mass is 32.2. The van der Waals surface area contributed by atoms with Crippen molar-refractivity contribution in [1.82, 2.24) is 5.43 Å². The van der Waals surface area contributed by atoms with Crippen LogP contribution < -0.4 is 9.73 Å². The number of halogens is 2. The Morgan fingerprint density at radius 1 is 0.933 bits per heavy atom. The van der Waals surface area contributed by atoms with E-state index in [1.807, 2.05) is 0 Å². The second kappa shape index (κ2) is 9.27. The van der Waals surface area contributed by atoms with Crippen molar-refractivity contribution in [1.29, 1.82) is 0 Å². The van der Waals surface area contributed by atoms with Gasteiger partial charge in [0, 0.05) is 0 Å². The van der Waals surface area contributed by atoms with Gasteiger partial charge in [0.05, 0.1) is 16.8 Å². The molecule has 0 radical (unpaired) electrons. The molecule has 0 saturated carbocycles. The number of rotatable bonds is 7. The molecule has 3 aromatic rings. The molecule has 0 heterocycles. The number of carbonyl (C=O) groups is 1. The summed E-state index contributed by atoms with van der Waals surface area (Å²) in [6.07, 6.45) is 1.27. The first-order valence-electron chi connectivity index (χ1n) is 8.78. The third-order valence-corrected chi connectivity index (χ3v) is 5.79. The van der Waals surface area contributed by atoms with E-state index in [1.165, 1.54) is 72.9 Å². The number of para-hydroxylation sites is 1. The van der Waals surface area contributed by atoms with E-state index >= 15 is 0 Å². The van der Waals surface area contributed by atoms with Crippen molar-refractivity contribution < 1.29 is 22.0 Å². The zero-order valence-electron chi connectivity index (χ0n) is 15.6. The van der Waals surface area contributed by atoms with Crippen molar-refractivity contribution >= 4 is 27.8 Å². The highest BCUT2D eigenvalue weighted by Gasteiger charge is 2.28. The van der Waals surface area contributed by atoms with Gasteiger partial charge in [0.25, 0.3) is 15.9 Å². The van der Waals surface area contributed by atoms with Crippen LogP contribution in [0.1, 0.15) is 5.56 Å². The number of hydrogen-bond donors (Lipinski definition) is 1. The molecule has 30 heavy (non-hydrogen) atoms. The van der Waals surface area contributed by atoms with Crippen LogP contribution in [-0.2, 0) is 14.8 Å². The minimum atomic E-state index is -4.21. The number of hydrogen-bond acceptors (Lipinski definition) is 4. The molecule has 3 rings (SSSR count). The van der Waals surface area contributed by atoms with Crippen LogP contribution in [0.15, 0.2) is 88.9 Å². The summed E-state index contributed by atoms with van der Waals surface area (Å²) in [6, 6.07) is 18.0. The van der Waals surface area contributed by atoms with E-state index in [0.29, 0.717) is 9.87 Å².